The van der Waals surface area contributed by atoms with Crippen LogP contribution >= 0.6 is 0 Å². The van der Waals surface area contributed by atoms with Crippen LogP contribution in [-0.4, -0.2) is 40.0 Å². The van der Waals surface area contributed by atoms with Crippen LogP contribution in [0.5, 0.6) is 5.88 Å². The Labute approximate surface area is 199 Å². The molecular formula is C25H21N5O5. The van der Waals surface area contributed by atoms with Crippen molar-refractivity contribution < 1.29 is 24.2 Å². The molecule has 0 saturated carbocycles. The summed E-state index contributed by atoms with van der Waals surface area (Å²) in [6, 6.07) is 17.7. The predicted octanol–water partition coefficient (Wildman–Crippen LogP) is 4.71. The van der Waals surface area contributed by atoms with Gasteiger partial charge in [-0.1, -0.05) is 30.3 Å². The number of para-hydroxylation sites is 1. The molecule has 2 aromatic heterocycles. The van der Waals surface area contributed by atoms with E-state index in [-0.39, 0.29) is 23.5 Å². The highest BCUT2D eigenvalue weighted by Gasteiger charge is 2.21. The number of esters is 1. The minimum Gasteiger partial charge on any atom is -0.493 e. The number of aliphatic imine (C=N–C) groups is 1. The molecule has 4 aromatic rings. The van der Waals surface area contributed by atoms with Crippen LogP contribution in [0.2, 0.25) is 0 Å². The fraction of sp³-hybridized carbons (Fsp3) is 0.120. The summed E-state index contributed by atoms with van der Waals surface area (Å²) in [5.74, 6) is 0.685. The Morgan fingerprint density at radius 3 is 2.74 bits per heavy atom. The SMILES string of the molecule is CCOC(=O)c1ccc(-c2ccc(/C=C3\NC(N=Nc4c(O)[nH]c5ccccc45)=NC3O)o2)cc1. The normalized spacial score (nSPS) is 16.7. The number of H-pyrrole nitrogens is 1. The topological polar surface area (TPSA) is 145 Å². The van der Waals surface area contributed by atoms with Crippen molar-refractivity contribution in [2.45, 2.75) is 13.2 Å². The minimum atomic E-state index is -1.17. The quantitative estimate of drug-likeness (QED) is 0.245. The van der Waals surface area contributed by atoms with Gasteiger partial charge in [0.1, 0.15) is 11.5 Å². The molecule has 0 saturated heterocycles. The molecule has 1 aliphatic heterocycles. The van der Waals surface area contributed by atoms with E-state index in [1.807, 2.05) is 24.3 Å². The number of nitrogens with one attached hydrogen (secondary N) is 2. The van der Waals surface area contributed by atoms with Crippen molar-refractivity contribution in [3.8, 4) is 17.2 Å². The predicted molar refractivity (Wildman–Crippen MR) is 129 cm³/mol. The molecular weight excluding hydrogens is 450 g/mol. The van der Waals surface area contributed by atoms with Gasteiger partial charge in [0.15, 0.2) is 11.9 Å². The number of hydrogen-bond acceptors (Lipinski definition) is 9. The van der Waals surface area contributed by atoms with Crippen LogP contribution in [0.4, 0.5) is 5.69 Å². The van der Waals surface area contributed by atoms with E-state index in [9.17, 15) is 15.0 Å². The Hall–Kier alpha value is -4.70. The number of benzene rings is 2. The fourth-order valence-electron chi connectivity index (χ4n) is 3.61. The lowest BCUT2D eigenvalue weighted by atomic mass is 10.1. The van der Waals surface area contributed by atoms with Crippen LogP contribution in [0, 0.1) is 0 Å². The molecule has 0 amide bonds. The van der Waals surface area contributed by atoms with Gasteiger partial charge in [0.25, 0.3) is 0 Å². The van der Waals surface area contributed by atoms with Crippen LogP contribution in [-0.2, 0) is 4.74 Å². The first kappa shape index (κ1) is 22.1. The Kier molecular flexibility index (Phi) is 5.86. The van der Waals surface area contributed by atoms with Crippen LogP contribution in [0.1, 0.15) is 23.0 Å². The molecule has 0 fully saturated rings. The third-order valence-corrected chi connectivity index (χ3v) is 5.29. The zero-order valence-corrected chi connectivity index (χ0v) is 18.6. The van der Waals surface area contributed by atoms with E-state index in [1.54, 1.807) is 49.4 Å². The van der Waals surface area contributed by atoms with Crippen LogP contribution < -0.4 is 5.32 Å². The smallest absolute Gasteiger partial charge is 0.338 e. The average Bonchev–Trinajstić information content (AvgIpc) is 3.55. The molecule has 0 bridgehead atoms. The van der Waals surface area contributed by atoms with Gasteiger partial charge in [0.05, 0.1) is 23.4 Å². The number of aliphatic hydroxyl groups is 1. The number of nitrogens with zero attached hydrogens (tertiary/aromatic N) is 3. The first-order valence-corrected chi connectivity index (χ1v) is 10.8. The monoisotopic (exact) mass is 471 g/mol. The van der Waals surface area contributed by atoms with Crippen molar-refractivity contribution in [1.29, 1.82) is 0 Å². The number of ether oxygens (including phenoxy) is 1. The molecule has 1 aliphatic rings. The maximum absolute atomic E-state index is 11.8. The van der Waals surface area contributed by atoms with E-state index in [4.69, 9.17) is 9.15 Å². The van der Waals surface area contributed by atoms with Gasteiger partial charge in [-0.2, -0.15) is 0 Å². The molecule has 176 valence electrons. The molecule has 0 aliphatic carbocycles. The number of hydrogen-bond donors (Lipinski definition) is 4. The molecule has 1 atom stereocenters. The van der Waals surface area contributed by atoms with Gasteiger partial charge < -0.3 is 29.7 Å². The number of guanidine groups is 1. The zero-order valence-electron chi connectivity index (χ0n) is 18.6. The van der Waals surface area contributed by atoms with Crippen LogP contribution in [0.25, 0.3) is 28.3 Å². The summed E-state index contributed by atoms with van der Waals surface area (Å²) in [4.78, 5) is 18.7. The number of furan rings is 1. The van der Waals surface area contributed by atoms with Crippen molar-refractivity contribution in [2.75, 3.05) is 6.61 Å². The third kappa shape index (κ3) is 4.55. The number of aromatic amines is 1. The molecule has 1 unspecified atom stereocenters. The molecule has 3 heterocycles. The number of fused-ring (bicyclic) bond motifs is 1. The van der Waals surface area contributed by atoms with E-state index in [0.717, 1.165) is 11.1 Å². The van der Waals surface area contributed by atoms with E-state index in [2.05, 4.69) is 25.5 Å². The van der Waals surface area contributed by atoms with E-state index >= 15 is 0 Å². The summed E-state index contributed by atoms with van der Waals surface area (Å²) < 4.78 is 10.9. The lowest BCUT2D eigenvalue weighted by Crippen LogP contribution is -2.16. The molecule has 5 rings (SSSR count). The molecule has 10 nitrogen and oxygen atoms in total. The van der Waals surface area contributed by atoms with Gasteiger partial charge in [-0.25, -0.2) is 9.79 Å². The largest absolute Gasteiger partial charge is 0.493 e. The maximum Gasteiger partial charge on any atom is 0.338 e. The highest BCUT2D eigenvalue weighted by atomic mass is 16.5. The summed E-state index contributed by atoms with van der Waals surface area (Å²) in [5.41, 5.74) is 2.61. The van der Waals surface area contributed by atoms with Crippen molar-refractivity contribution in [2.24, 2.45) is 15.2 Å². The van der Waals surface area contributed by atoms with Gasteiger partial charge in [0, 0.05) is 17.0 Å². The number of carbonyl (C=O) groups excluding carboxylic acids is 1. The highest BCUT2D eigenvalue weighted by Crippen LogP contribution is 2.35. The number of rotatable bonds is 5. The number of aromatic nitrogens is 1. The van der Waals surface area contributed by atoms with Gasteiger partial charge in [-0.3, -0.25) is 0 Å². The van der Waals surface area contributed by atoms with Gasteiger partial charge in [-0.05, 0) is 37.3 Å². The van der Waals surface area contributed by atoms with Crippen molar-refractivity contribution in [3.63, 3.8) is 0 Å². The molecule has 35 heavy (non-hydrogen) atoms. The standard InChI is InChI=1S/C25H21N5O5/c1-2-34-24(33)15-9-7-14(8-10-15)20-12-11-16(35-20)13-19-22(31)28-25(27-19)30-29-21-17-5-3-4-6-18(17)26-23(21)32/h3-13,22,26,31-32H,2H2,1H3,(H,27,28)/b19-13-,30-29?. The van der Waals surface area contributed by atoms with Crippen LogP contribution in [0.3, 0.4) is 0 Å². The zero-order chi connectivity index (χ0) is 24.4. The molecule has 10 heteroatoms. The third-order valence-electron chi connectivity index (χ3n) is 5.29. The van der Waals surface area contributed by atoms with Crippen LogP contribution in [0.15, 0.2) is 86.0 Å². The Morgan fingerprint density at radius 1 is 1.14 bits per heavy atom. The number of carbonyl (C=O) groups is 1. The maximum atomic E-state index is 11.8. The molecule has 4 N–H and O–H groups in total. The second-order valence-corrected chi connectivity index (χ2v) is 7.62. The first-order chi connectivity index (χ1) is 17.0. The molecule has 0 radical (unpaired) electrons. The summed E-state index contributed by atoms with van der Waals surface area (Å²) >= 11 is 0. The minimum absolute atomic E-state index is 0.0924. The first-order valence-electron chi connectivity index (χ1n) is 10.8. The second-order valence-electron chi connectivity index (χ2n) is 7.62. The van der Waals surface area contributed by atoms with Crippen molar-refractivity contribution in [1.82, 2.24) is 10.3 Å². The van der Waals surface area contributed by atoms with E-state index in [1.165, 1.54) is 0 Å². The van der Waals surface area contributed by atoms with Gasteiger partial charge in [-0.15, -0.1) is 10.2 Å². The summed E-state index contributed by atoms with van der Waals surface area (Å²) in [6.07, 6.45) is 0.439. The van der Waals surface area contributed by atoms with Gasteiger partial charge >= 0.3 is 5.97 Å². The number of aliphatic hydroxyl groups excluding tert-OH is 1. The fourth-order valence-corrected chi connectivity index (χ4v) is 3.61. The summed E-state index contributed by atoms with van der Waals surface area (Å²) in [5, 5.41) is 32.1. The Balaban J connectivity index is 1.29. The lowest BCUT2D eigenvalue weighted by Gasteiger charge is -2.03. The Morgan fingerprint density at radius 2 is 1.94 bits per heavy atom. The number of aromatic hydroxyl groups is 1. The second kappa shape index (κ2) is 9.27. The van der Waals surface area contributed by atoms with Gasteiger partial charge in [0.2, 0.25) is 11.8 Å². The molecule has 0 spiro atoms. The van der Waals surface area contributed by atoms with E-state index < -0.39 is 6.23 Å². The lowest BCUT2D eigenvalue weighted by molar-refractivity contribution is 0.0526. The highest BCUT2D eigenvalue weighted by molar-refractivity contribution is 5.94. The van der Waals surface area contributed by atoms with Crippen molar-refractivity contribution >= 4 is 34.6 Å². The van der Waals surface area contributed by atoms with Crippen molar-refractivity contribution in [3.05, 3.63) is 77.7 Å². The summed E-state index contributed by atoms with van der Waals surface area (Å²) in [7, 11) is 0. The molecule has 2 aromatic carbocycles. The Bertz CT molecular complexity index is 1480. The number of azo groups is 1. The average molecular weight is 471 g/mol. The van der Waals surface area contributed by atoms with E-state index in [0.29, 0.717) is 34.8 Å². The summed E-state index contributed by atoms with van der Waals surface area (Å²) in [6.45, 7) is 2.07.